The van der Waals surface area contributed by atoms with E-state index in [9.17, 15) is 4.79 Å². The summed E-state index contributed by atoms with van der Waals surface area (Å²) in [4.78, 5) is 20.1. The predicted octanol–water partition coefficient (Wildman–Crippen LogP) is 4.35. The van der Waals surface area contributed by atoms with E-state index in [0.29, 0.717) is 6.42 Å². The molecule has 0 radical (unpaired) electrons. The quantitative estimate of drug-likeness (QED) is 0.679. The van der Waals surface area contributed by atoms with Gasteiger partial charge < -0.3 is 9.64 Å². The van der Waals surface area contributed by atoms with Gasteiger partial charge in [0.15, 0.2) is 6.10 Å². The Bertz CT molecular complexity index is 909. The van der Waals surface area contributed by atoms with Gasteiger partial charge in [-0.05, 0) is 43.0 Å². The number of piperidine rings is 1. The summed E-state index contributed by atoms with van der Waals surface area (Å²) in [7, 11) is 0. The fraction of sp³-hybridized carbons (Fsp3) is 0.333. The Morgan fingerprint density at radius 2 is 1.96 bits per heavy atom. The molecule has 4 nitrogen and oxygen atoms in total. The van der Waals surface area contributed by atoms with Crippen molar-refractivity contribution in [3.63, 3.8) is 0 Å². The van der Waals surface area contributed by atoms with Gasteiger partial charge in [-0.25, -0.2) is 4.98 Å². The highest BCUT2D eigenvalue weighted by Gasteiger charge is 2.37. The van der Waals surface area contributed by atoms with E-state index in [4.69, 9.17) is 9.72 Å². The highest BCUT2D eigenvalue weighted by molar-refractivity contribution is 7.18. The number of thiazole rings is 1. The first-order valence-electron chi connectivity index (χ1n) is 9.20. The van der Waals surface area contributed by atoms with Gasteiger partial charge in [0.05, 0.1) is 16.3 Å². The normalized spacial score (nSPS) is 22.2. The van der Waals surface area contributed by atoms with Crippen LogP contribution in [0.2, 0.25) is 0 Å². The van der Waals surface area contributed by atoms with Crippen molar-refractivity contribution in [3.8, 4) is 5.75 Å². The number of fused-ring (bicyclic) bond motifs is 2. The highest BCUT2D eigenvalue weighted by Crippen LogP contribution is 2.37. The lowest BCUT2D eigenvalue weighted by Crippen LogP contribution is -2.45. The van der Waals surface area contributed by atoms with E-state index in [1.807, 2.05) is 47.4 Å². The summed E-state index contributed by atoms with van der Waals surface area (Å²) < 4.78 is 7.14. The molecule has 2 atom stereocenters. The van der Waals surface area contributed by atoms with Gasteiger partial charge >= 0.3 is 0 Å². The van der Waals surface area contributed by atoms with Crippen LogP contribution in [-0.2, 0) is 11.2 Å². The molecule has 2 aromatic carbocycles. The Hall–Kier alpha value is -2.40. The minimum absolute atomic E-state index is 0.0703. The van der Waals surface area contributed by atoms with Crippen molar-refractivity contribution in [1.82, 2.24) is 9.88 Å². The third-order valence-electron chi connectivity index (χ3n) is 5.30. The number of aromatic nitrogens is 1. The molecule has 5 heteroatoms. The molecule has 0 N–H and O–H groups in total. The largest absolute Gasteiger partial charge is 0.480 e. The first-order chi connectivity index (χ1) is 12.8. The SMILES string of the molecule is O=C([C@@H]1Cc2ccccc2O1)N1CCCC[C@@H]1c1nc2ccccc2s1. The van der Waals surface area contributed by atoms with E-state index >= 15 is 0 Å². The van der Waals surface area contributed by atoms with Crippen LogP contribution in [0.15, 0.2) is 48.5 Å². The van der Waals surface area contributed by atoms with Gasteiger partial charge in [-0.1, -0.05) is 30.3 Å². The molecule has 0 saturated carbocycles. The Morgan fingerprint density at radius 3 is 2.85 bits per heavy atom. The van der Waals surface area contributed by atoms with Gasteiger partial charge in [0.2, 0.25) is 0 Å². The topological polar surface area (TPSA) is 42.4 Å². The lowest BCUT2D eigenvalue weighted by atomic mass is 10.0. The van der Waals surface area contributed by atoms with Crippen molar-refractivity contribution in [2.24, 2.45) is 0 Å². The summed E-state index contributed by atoms with van der Waals surface area (Å²) in [5.74, 6) is 0.949. The van der Waals surface area contributed by atoms with Gasteiger partial charge in [0.25, 0.3) is 5.91 Å². The van der Waals surface area contributed by atoms with Crippen LogP contribution in [0.4, 0.5) is 0 Å². The summed E-state index contributed by atoms with van der Waals surface area (Å²) in [5.41, 5.74) is 2.15. The molecule has 3 heterocycles. The average molecular weight is 364 g/mol. The number of para-hydroxylation sites is 2. The second kappa shape index (κ2) is 6.40. The Kier molecular flexibility index (Phi) is 3.89. The second-order valence-corrected chi connectivity index (χ2v) is 8.04. The molecule has 5 rings (SSSR count). The van der Waals surface area contributed by atoms with E-state index in [1.54, 1.807) is 11.3 Å². The molecule has 0 unspecified atom stereocenters. The van der Waals surface area contributed by atoms with Gasteiger partial charge in [0.1, 0.15) is 10.8 Å². The first kappa shape index (κ1) is 15.8. The maximum Gasteiger partial charge on any atom is 0.264 e. The number of ether oxygens (including phenoxy) is 1. The third-order valence-corrected chi connectivity index (χ3v) is 6.44. The minimum atomic E-state index is -0.401. The molecule has 26 heavy (non-hydrogen) atoms. The molecule has 2 aliphatic heterocycles. The standard InChI is InChI=1S/C21H20N2O2S/c24-21(18-13-14-7-1-3-10-17(14)25-18)23-12-6-5-9-16(23)20-22-15-8-2-4-11-19(15)26-20/h1-4,7-8,10-11,16,18H,5-6,9,12-13H2/t16-,18+/m1/s1. The predicted molar refractivity (Wildman–Crippen MR) is 102 cm³/mol. The monoisotopic (exact) mass is 364 g/mol. The van der Waals surface area contributed by atoms with Crippen LogP contribution in [0.5, 0.6) is 5.75 Å². The maximum atomic E-state index is 13.2. The number of amides is 1. The second-order valence-electron chi connectivity index (χ2n) is 6.98. The zero-order chi connectivity index (χ0) is 17.5. The number of rotatable bonds is 2. The van der Waals surface area contributed by atoms with Crippen molar-refractivity contribution < 1.29 is 9.53 Å². The molecule has 1 fully saturated rings. The summed E-state index contributed by atoms with van der Waals surface area (Å²) in [5, 5.41) is 1.05. The number of likely N-dealkylation sites (tertiary alicyclic amines) is 1. The number of hydrogen-bond donors (Lipinski definition) is 0. The van der Waals surface area contributed by atoms with E-state index in [0.717, 1.165) is 47.6 Å². The van der Waals surface area contributed by atoms with Gasteiger partial charge in [-0.3, -0.25) is 4.79 Å². The number of hydrogen-bond acceptors (Lipinski definition) is 4. The number of nitrogens with zero attached hydrogens (tertiary/aromatic N) is 2. The van der Waals surface area contributed by atoms with Crippen molar-refractivity contribution in [2.45, 2.75) is 37.8 Å². The van der Waals surface area contributed by atoms with Crippen molar-refractivity contribution >= 4 is 27.5 Å². The molecule has 1 saturated heterocycles. The lowest BCUT2D eigenvalue weighted by molar-refractivity contribution is -0.142. The number of carbonyl (C=O) groups excluding carboxylic acids is 1. The Balaban J connectivity index is 1.42. The molecule has 1 amide bonds. The molecular weight excluding hydrogens is 344 g/mol. The van der Waals surface area contributed by atoms with Crippen molar-refractivity contribution in [2.75, 3.05) is 6.54 Å². The average Bonchev–Trinajstić information content (AvgIpc) is 3.31. The molecule has 0 bridgehead atoms. The summed E-state index contributed by atoms with van der Waals surface area (Å²) in [6.45, 7) is 0.787. The van der Waals surface area contributed by atoms with Crippen LogP contribution in [0.3, 0.4) is 0 Å². The first-order valence-corrected chi connectivity index (χ1v) is 10.0. The van der Waals surface area contributed by atoms with Crippen LogP contribution in [0.25, 0.3) is 10.2 Å². The summed E-state index contributed by atoms with van der Waals surface area (Å²) >= 11 is 1.71. The van der Waals surface area contributed by atoms with E-state index in [-0.39, 0.29) is 11.9 Å². The zero-order valence-corrected chi connectivity index (χ0v) is 15.2. The zero-order valence-electron chi connectivity index (χ0n) is 14.4. The lowest BCUT2D eigenvalue weighted by Gasteiger charge is -2.35. The Labute approximate surface area is 156 Å². The van der Waals surface area contributed by atoms with Gasteiger partial charge in [0, 0.05) is 13.0 Å². The molecule has 2 aliphatic rings. The third kappa shape index (κ3) is 2.67. The van der Waals surface area contributed by atoms with Crippen LogP contribution in [0.1, 0.15) is 35.9 Å². The van der Waals surface area contributed by atoms with Crippen LogP contribution < -0.4 is 4.74 Å². The highest BCUT2D eigenvalue weighted by atomic mass is 32.1. The molecule has 1 aromatic heterocycles. The number of benzene rings is 2. The van der Waals surface area contributed by atoms with Crippen LogP contribution >= 0.6 is 11.3 Å². The summed E-state index contributed by atoms with van der Waals surface area (Å²) in [6.07, 6.45) is 3.43. The van der Waals surface area contributed by atoms with Crippen molar-refractivity contribution in [1.29, 1.82) is 0 Å². The Morgan fingerprint density at radius 1 is 1.12 bits per heavy atom. The molecule has 132 valence electrons. The fourth-order valence-corrected chi connectivity index (χ4v) is 5.10. The maximum absolute atomic E-state index is 13.2. The van der Waals surface area contributed by atoms with Gasteiger partial charge in [-0.15, -0.1) is 11.3 Å². The minimum Gasteiger partial charge on any atom is -0.480 e. The van der Waals surface area contributed by atoms with Crippen LogP contribution in [-0.4, -0.2) is 28.4 Å². The van der Waals surface area contributed by atoms with E-state index < -0.39 is 6.10 Å². The van der Waals surface area contributed by atoms with Gasteiger partial charge in [-0.2, -0.15) is 0 Å². The smallest absolute Gasteiger partial charge is 0.264 e. The molecule has 3 aromatic rings. The van der Waals surface area contributed by atoms with Crippen LogP contribution in [0, 0.1) is 0 Å². The van der Waals surface area contributed by atoms with E-state index in [2.05, 4.69) is 6.07 Å². The molecule has 0 aliphatic carbocycles. The molecule has 0 spiro atoms. The van der Waals surface area contributed by atoms with E-state index in [1.165, 1.54) is 4.70 Å². The van der Waals surface area contributed by atoms with Crippen molar-refractivity contribution in [3.05, 3.63) is 59.1 Å². The fourth-order valence-electron chi connectivity index (χ4n) is 3.99. The summed E-state index contributed by atoms with van der Waals surface area (Å²) in [6, 6.07) is 16.2. The molecular formula is C21H20N2O2S. The number of carbonyl (C=O) groups is 1.